The zero-order valence-electron chi connectivity index (χ0n) is 19.0. The van der Waals surface area contributed by atoms with Gasteiger partial charge in [-0.15, -0.1) is 0 Å². The molecule has 0 fully saturated rings. The number of benzene rings is 2. The van der Waals surface area contributed by atoms with E-state index < -0.39 is 0 Å². The molecule has 29 heavy (non-hydrogen) atoms. The van der Waals surface area contributed by atoms with Gasteiger partial charge < -0.3 is 14.8 Å². The fraction of sp³-hybridized carbons (Fsp3) is 0.538. The van der Waals surface area contributed by atoms with Crippen molar-refractivity contribution in [3.8, 4) is 5.75 Å². The highest BCUT2D eigenvalue weighted by Crippen LogP contribution is 2.36. The first-order valence-corrected chi connectivity index (χ1v) is 10.8. The number of nitrogens with one attached hydrogen (secondary N) is 1. The second-order valence-corrected chi connectivity index (χ2v) is 9.59. The summed E-state index contributed by atoms with van der Waals surface area (Å²) in [5.74, 6) is 0.907. The highest BCUT2D eigenvalue weighted by molar-refractivity contribution is 5.31. The molecular formula is C26H39NO2. The van der Waals surface area contributed by atoms with E-state index in [1.165, 1.54) is 11.1 Å². The highest BCUT2D eigenvalue weighted by atomic mass is 16.5. The van der Waals surface area contributed by atoms with E-state index in [4.69, 9.17) is 9.47 Å². The van der Waals surface area contributed by atoms with E-state index in [1.54, 1.807) is 0 Å². The van der Waals surface area contributed by atoms with Crippen molar-refractivity contribution in [2.24, 2.45) is 5.41 Å². The lowest BCUT2D eigenvalue weighted by Crippen LogP contribution is -2.24. The molecule has 0 aliphatic rings. The molecule has 0 aromatic heterocycles. The molecule has 2 aromatic carbocycles. The molecule has 0 unspecified atom stereocenters. The summed E-state index contributed by atoms with van der Waals surface area (Å²) in [5, 5.41) is 3.41. The number of rotatable bonds is 12. The first-order valence-electron chi connectivity index (χ1n) is 10.8. The van der Waals surface area contributed by atoms with Crippen LogP contribution in [0.1, 0.15) is 52.2 Å². The molecule has 2 rings (SSSR count). The number of hydrogen-bond donors (Lipinski definition) is 1. The minimum atomic E-state index is 0.160. The van der Waals surface area contributed by atoms with Gasteiger partial charge >= 0.3 is 0 Å². The van der Waals surface area contributed by atoms with Crippen LogP contribution in [0.3, 0.4) is 0 Å². The minimum absolute atomic E-state index is 0.160. The Hall–Kier alpha value is -1.84. The van der Waals surface area contributed by atoms with Crippen LogP contribution in [0, 0.1) is 5.41 Å². The van der Waals surface area contributed by atoms with Gasteiger partial charge in [0.15, 0.2) is 0 Å². The average molecular weight is 398 g/mol. The van der Waals surface area contributed by atoms with Crippen LogP contribution < -0.4 is 10.1 Å². The van der Waals surface area contributed by atoms with Gasteiger partial charge in [-0.3, -0.25) is 0 Å². The molecule has 0 saturated heterocycles. The van der Waals surface area contributed by atoms with Crippen molar-refractivity contribution in [1.29, 1.82) is 0 Å². The molecule has 3 heteroatoms. The number of hydrogen-bond acceptors (Lipinski definition) is 3. The lowest BCUT2D eigenvalue weighted by Gasteiger charge is -2.33. The van der Waals surface area contributed by atoms with Gasteiger partial charge in [-0.1, -0.05) is 77.1 Å². The van der Waals surface area contributed by atoms with Crippen LogP contribution in [0.25, 0.3) is 0 Å². The predicted octanol–water partition coefficient (Wildman–Crippen LogP) is 5.63. The van der Waals surface area contributed by atoms with Crippen LogP contribution in [0.15, 0.2) is 54.6 Å². The Kier molecular flexibility index (Phi) is 9.19. The second-order valence-electron chi connectivity index (χ2n) is 9.59. The molecule has 0 aliphatic carbocycles. The first kappa shape index (κ1) is 23.4. The lowest BCUT2D eigenvalue weighted by atomic mass is 9.72. The van der Waals surface area contributed by atoms with E-state index in [0.717, 1.165) is 31.7 Å². The summed E-state index contributed by atoms with van der Waals surface area (Å²) in [4.78, 5) is 0. The maximum absolute atomic E-state index is 5.81. The quantitative estimate of drug-likeness (QED) is 0.471. The highest BCUT2D eigenvalue weighted by Gasteiger charge is 2.27. The van der Waals surface area contributed by atoms with E-state index >= 15 is 0 Å². The summed E-state index contributed by atoms with van der Waals surface area (Å²) < 4.78 is 11.5. The SMILES string of the molecule is CC(C)(C)CC(C)(C)c1ccc(OCCOCCNCCc2ccccc2)cc1. The van der Waals surface area contributed by atoms with Crippen LogP contribution in [0.4, 0.5) is 0 Å². The van der Waals surface area contributed by atoms with Gasteiger partial charge in [0.05, 0.1) is 13.2 Å². The normalized spacial score (nSPS) is 12.2. The third kappa shape index (κ3) is 9.47. The molecule has 160 valence electrons. The molecule has 0 bridgehead atoms. The van der Waals surface area contributed by atoms with Crippen molar-refractivity contribution in [1.82, 2.24) is 5.32 Å². The van der Waals surface area contributed by atoms with E-state index in [-0.39, 0.29) is 5.41 Å². The Labute approximate surface area is 177 Å². The van der Waals surface area contributed by atoms with Crippen molar-refractivity contribution in [2.45, 2.75) is 52.9 Å². The van der Waals surface area contributed by atoms with Gasteiger partial charge in [0.25, 0.3) is 0 Å². The Morgan fingerprint density at radius 1 is 0.759 bits per heavy atom. The van der Waals surface area contributed by atoms with Crippen LogP contribution in [-0.4, -0.2) is 32.9 Å². The van der Waals surface area contributed by atoms with Crippen LogP contribution in [-0.2, 0) is 16.6 Å². The summed E-state index contributed by atoms with van der Waals surface area (Å²) in [5.41, 5.74) is 3.19. The standard InChI is InChI=1S/C26H39NO2/c1-25(2,3)21-26(4,5)23-11-13-24(14-12-23)29-20-19-28-18-17-27-16-15-22-9-7-6-8-10-22/h6-14,27H,15-21H2,1-5H3. The molecule has 3 nitrogen and oxygen atoms in total. The molecule has 0 radical (unpaired) electrons. The van der Waals surface area contributed by atoms with Crippen molar-refractivity contribution in [2.75, 3.05) is 32.9 Å². The Balaban J connectivity index is 1.56. The zero-order valence-corrected chi connectivity index (χ0v) is 19.0. The van der Waals surface area contributed by atoms with Gasteiger partial charge in [0.2, 0.25) is 0 Å². The minimum Gasteiger partial charge on any atom is -0.491 e. The van der Waals surface area contributed by atoms with E-state index in [0.29, 0.717) is 25.2 Å². The maximum atomic E-state index is 5.81. The second kappa shape index (κ2) is 11.4. The van der Waals surface area contributed by atoms with Gasteiger partial charge in [-0.2, -0.15) is 0 Å². The predicted molar refractivity (Wildman–Crippen MR) is 123 cm³/mol. The van der Waals surface area contributed by atoms with Crippen molar-refractivity contribution >= 4 is 0 Å². The molecule has 0 heterocycles. The largest absolute Gasteiger partial charge is 0.491 e. The molecule has 0 aliphatic heterocycles. The lowest BCUT2D eigenvalue weighted by molar-refractivity contribution is 0.102. The van der Waals surface area contributed by atoms with E-state index in [1.807, 2.05) is 0 Å². The molecule has 0 atom stereocenters. The zero-order chi connectivity index (χ0) is 21.2. The van der Waals surface area contributed by atoms with Crippen LogP contribution >= 0.6 is 0 Å². The molecule has 0 spiro atoms. The van der Waals surface area contributed by atoms with E-state index in [2.05, 4.69) is 94.5 Å². The third-order valence-electron chi connectivity index (χ3n) is 4.96. The summed E-state index contributed by atoms with van der Waals surface area (Å²) in [6.45, 7) is 15.3. The van der Waals surface area contributed by atoms with Crippen molar-refractivity contribution < 1.29 is 9.47 Å². The summed E-state index contributed by atoms with van der Waals surface area (Å²) in [6.07, 6.45) is 2.19. The summed E-state index contributed by atoms with van der Waals surface area (Å²) >= 11 is 0. The Morgan fingerprint density at radius 2 is 1.45 bits per heavy atom. The van der Waals surface area contributed by atoms with Gasteiger partial charge in [0.1, 0.15) is 12.4 Å². The topological polar surface area (TPSA) is 30.5 Å². The van der Waals surface area contributed by atoms with Crippen LogP contribution in [0.5, 0.6) is 5.75 Å². The Bertz CT molecular complexity index is 687. The fourth-order valence-corrected chi connectivity index (χ4v) is 3.90. The van der Waals surface area contributed by atoms with Gasteiger partial charge in [-0.05, 0) is 53.5 Å². The van der Waals surface area contributed by atoms with Gasteiger partial charge in [0, 0.05) is 6.54 Å². The summed E-state index contributed by atoms with van der Waals surface area (Å²) in [6, 6.07) is 19.1. The van der Waals surface area contributed by atoms with Crippen molar-refractivity contribution in [3.05, 3.63) is 65.7 Å². The molecule has 0 amide bonds. The average Bonchev–Trinajstić information content (AvgIpc) is 2.66. The van der Waals surface area contributed by atoms with Crippen molar-refractivity contribution in [3.63, 3.8) is 0 Å². The third-order valence-corrected chi connectivity index (χ3v) is 4.96. The van der Waals surface area contributed by atoms with Gasteiger partial charge in [-0.25, -0.2) is 0 Å². The number of ether oxygens (including phenoxy) is 2. The molecule has 2 aromatic rings. The van der Waals surface area contributed by atoms with Crippen LogP contribution in [0.2, 0.25) is 0 Å². The Morgan fingerprint density at radius 3 is 2.10 bits per heavy atom. The maximum Gasteiger partial charge on any atom is 0.119 e. The van der Waals surface area contributed by atoms with E-state index in [9.17, 15) is 0 Å². The molecule has 1 N–H and O–H groups in total. The monoisotopic (exact) mass is 397 g/mol. The molecule has 0 saturated carbocycles. The first-order chi connectivity index (χ1) is 13.8. The molecular weight excluding hydrogens is 358 g/mol. The smallest absolute Gasteiger partial charge is 0.119 e. The fourth-order valence-electron chi connectivity index (χ4n) is 3.90. The summed E-state index contributed by atoms with van der Waals surface area (Å²) in [7, 11) is 0.